The third kappa shape index (κ3) is 3.08. The maximum Gasteiger partial charge on any atom is 0.143 e. The van der Waals surface area contributed by atoms with Crippen LogP contribution in [0.5, 0.6) is 0 Å². The van der Waals surface area contributed by atoms with Gasteiger partial charge < -0.3 is 4.57 Å². The number of rotatable bonds is 4. The highest BCUT2D eigenvalue weighted by molar-refractivity contribution is 7.13. The van der Waals surface area contributed by atoms with Gasteiger partial charge >= 0.3 is 0 Å². The minimum absolute atomic E-state index is 0.262. The van der Waals surface area contributed by atoms with Crippen LogP contribution in [0.25, 0.3) is 21.6 Å². The van der Waals surface area contributed by atoms with Crippen LogP contribution in [0.4, 0.5) is 8.78 Å². The summed E-state index contributed by atoms with van der Waals surface area (Å²) in [4.78, 5) is 17.6. The lowest BCUT2D eigenvalue weighted by Gasteiger charge is -2.07. The first-order valence-electron chi connectivity index (χ1n) is 8.05. The Hall–Kier alpha value is -2.74. The van der Waals surface area contributed by atoms with Gasteiger partial charge in [-0.25, -0.2) is 28.7 Å². The molecule has 0 spiro atoms. The highest BCUT2D eigenvalue weighted by atomic mass is 32.1. The first-order chi connectivity index (χ1) is 12.5. The predicted molar refractivity (Wildman–Crippen MR) is 95.9 cm³/mol. The fraction of sp³-hybridized carbons (Fsp3) is 0.222. The van der Waals surface area contributed by atoms with E-state index in [1.54, 1.807) is 13.1 Å². The van der Waals surface area contributed by atoms with Crippen LogP contribution in [0, 0.1) is 18.6 Å². The van der Waals surface area contributed by atoms with E-state index in [-0.39, 0.29) is 10.9 Å². The molecule has 0 atom stereocenters. The van der Waals surface area contributed by atoms with Crippen LogP contribution >= 0.6 is 11.3 Å². The van der Waals surface area contributed by atoms with Crippen molar-refractivity contribution in [2.75, 3.05) is 0 Å². The first kappa shape index (κ1) is 16.7. The number of benzene rings is 1. The van der Waals surface area contributed by atoms with Gasteiger partial charge in [-0.05, 0) is 6.92 Å². The maximum atomic E-state index is 13.9. The molecule has 0 aliphatic rings. The molecule has 0 aliphatic heterocycles. The standard InChI is InChI=1S/C18H15F2N5S/c1-10-17-12(20)7-11(19)8-13(17)23-15(22-10)3-4-16-24-14(9-25(16)2)18-21-5-6-26-18/h5-9H,3-4H2,1-2H3. The molecule has 0 N–H and O–H groups in total. The molecule has 0 fully saturated rings. The van der Waals surface area contributed by atoms with Crippen molar-refractivity contribution in [3.05, 3.63) is 58.9 Å². The molecule has 3 aromatic heterocycles. The molecular formula is C18H15F2N5S. The van der Waals surface area contributed by atoms with Crippen LogP contribution < -0.4 is 0 Å². The van der Waals surface area contributed by atoms with Crippen LogP contribution in [0.1, 0.15) is 17.3 Å². The van der Waals surface area contributed by atoms with Gasteiger partial charge in [-0.15, -0.1) is 11.3 Å². The number of fused-ring (bicyclic) bond motifs is 1. The summed E-state index contributed by atoms with van der Waals surface area (Å²) in [6.45, 7) is 1.70. The molecule has 26 heavy (non-hydrogen) atoms. The second-order valence-corrected chi connectivity index (χ2v) is 6.89. The largest absolute Gasteiger partial charge is 0.337 e. The van der Waals surface area contributed by atoms with E-state index < -0.39 is 11.6 Å². The van der Waals surface area contributed by atoms with E-state index in [0.717, 1.165) is 22.6 Å². The summed E-state index contributed by atoms with van der Waals surface area (Å²) in [7, 11) is 1.93. The van der Waals surface area contributed by atoms with Gasteiger partial charge in [0.05, 0.1) is 16.6 Å². The lowest BCUT2D eigenvalue weighted by Crippen LogP contribution is -2.05. The fourth-order valence-corrected chi connectivity index (χ4v) is 3.54. The van der Waals surface area contributed by atoms with Crippen molar-refractivity contribution < 1.29 is 8.78 Å². The average molecular weight is 371 g/mol. The molecule has 0 saturated heterocycles. The summed E-state index contributed by atoms with van der Waals surface area (Å²) in [5, 5.41) is 3.04. The topological polar surface area (TPSA) is 56.5 Å². The van der Waals surface area contributed by atoms with Crippen LogP contribution in [-0.4, -0.2) is 24.5 Å². The van der Waals surface area contributed by atoms with Crippen molar-refractivity contribution in [2.45, 2.75) is 19.8 Å². The van der Waals surface area contributed by atoms with Crippen LogP contribution in [0.3, 0.4) is 0 Å². The van der Waals surface area contributed by atoms with E-state index >= 15 is 0 Å². The summed E-state index contributed by atoms with van der Waals surface area (Å²) >= 11 is 1.54. The van der Waals surface area contributed by atoms with Crippen molar-refractivity contribution in [3.63, 3.8) is 0 Å². The van der Waals surface area contributed by atoms with Gasteiger partial charge in [0.25, 0.3) is 0 Å². The Labute approximate surface area is 152 Å². The molecule has 0 unspecified atom stereocenters. The monoisotopic (exact) mass is 371 g/mol. The summed E-state index contributed by atoms with van der Waals surface area (Å²) in [5.74, 6) is 0.137. The van der Waals surface area contributed by atoms with Gasteiger partial charge in [-0.3, -0.25) is 0 Å². The number of thiazole rings is 1. The minimum Gasteiger partial charge on any atom is -0.337 e. The number of halogens is 2. The third-order valence-electron chi connectivity index (χ3n) is 4.14. The molecule has 4 rings (SSSR count). The number of hydrogen-bond acceptors (Lipinski definition) is 5. The Balaban J connectivity index is 1.60. The predicted octanol–water partition coefficient (Wildman–Crippen LogP) is 3.86. The first-order valence-corrected chi connectivity index (χ1v) is 8.93. The van der Waals surface area contributed by atoms with Crippen LogP contribution in [0.2, 0.25) is 0 Å². The molecule has 3 heterocycles. The highest BCUT2D eigenvalue weighted by Gasteiger charge is 2.13. The van der Waals surface area contributed by atoms with Gasteiger partial charge in [-0.1, -0.05) is 0 Å². The van der Waals surface area contributed by atoms with E-state index in [4.69, 9.17) is 0 Å². The molecule has 132 valence electrons. The van der Waals surface area contributed by atoms with E-state index in [0.29, 0.717) is 24.4 Å². The summed E-state index contributed by atoms with van der Waals surface area (Å²) < 4.78 is 29.4. The van der Waals surface area contributed by atoms with Crippen LogP contribution in [-0.2, 0) is 19.9 Å². The molecule has 0 amide bonds. The molecule has 8 heteroatoms. The Morgan fingerprint density at radius 3 is 2.73 bits per heavy atom. The fourth-order valence-electron chi connectivity index (χ4n) is 2.95. The van der Waals surface area contributed by atoms with E-state index in [2.05, 4.69) is 19.9 Å². The molecular weight excluding hydrogens is 356 g/mol. The maximum absolute atomic E-state index is 13.9. The Morgan fingerprint density at radius 2 is 1.96 bits per heavy atom. The number of aryl methyl sites for hydroxylation is 4. The summed E-state index contributed by atoms with van der Waals surface area (Å²) in [5.41, 5.74) is 1.62. The second-order valence-electron chi connectivity index (χ2n) is 6.00. The SMILES string of the molecule is Cc1nc(CCc2nc(-c3nccs3)cn2C)nc2cc(F)cc(F)c12. The second kappa shape index (κ2) is 6.53. The molecule has 0 saturated carbocycles. The van der Waals surface area contributed by atoms with Gasteiger partial charge in [-0.2, -0.15) is 0 Å². The third-order valence-corrected chi connectivity index (χ3v) is 4.93. The lowest BCUT2D eigenvalue weighted by atomic mass is 10.1. The molecule has 5 nitrogen and oxygen atoms in total. The Kier molecular flexibility index (Phi) is 4.20. The lowest BCUT2D eigenvalue weighted by molar-refractivity contribution is 0.590. The highest BCUT2D eigenvalue weighted by Crippen LogP contribution is 2.22. The van der Waals surface area contributed by atoms with Gasteiger partial charge in [0.1, 0.15) is 34.0 Å². The zero-order chi connectivity index (χ0) is 18.3. The number of nitrogens with zero attached hydrogens (tertiary/aromatic N) is 5. The van der Waals surface area contributed by atoms with Gasteiger partial charge in [0.15, 0.2) is 0 Å². The van der Waals surface area contributed by atoms with Crippen molar-refractivity contribution in [3.8, 4) is 10.7 Å². The van der Waals surface area contributed by atoms with E-state index in [9.17, 15) is 8.78 Å². The van der Waals surface area contributed by atoms with Crippen molar-refractivity contribution in [1.29, 1.82) is 0 Å². The van der Waals surface area contributed by atoms with Crippen molar-refractivity contribution in [1.82, 2.24) is 24.5 Å². The zero-order valence-corrected chi connectivity index (χ0v) is 15.0. The molecule has 0 aliphatic carbocycles. The van der Waals surface area contributed by atoms with Gasteiger partial charge in [0, 0.05) is 49.8 Å². The Bertz CT molecular complexity index is 1090. The van der Waals surface area contributed by atoms with Crippen LogP contribution in [0.15, 0.2) is 29.9 Å². The van der Waals surface area contributed by atoms with E-state index in [1.165, 1.54) is 17.4 Å². The average Bonchev–Trinajstić information content (AvgIpc) is 3.21. The number of hydrogen-bond donors (Lipinski definition) is 0. The number of aromatic nitrogens is 5. The molecule has 4 aromatic rings. The summed E-state index contributed by atoms with van der Waals surface area (Å²) in [6.07, 6.45) is 4.82. The molecule has 1 aromatic carbocycles. The minimum atomic E-state index is -0.642. The summed E-state index contributed by atoms with van der Waals surface area (Å²) in [6, 6.07) is 2.09. The molecule has 0 radical (unpaired) electrons. The zero-order valence-electron chi connectivity index (χ0n) is 14.2. The normalized spacial score (nSPS) is 11.4. The molecule has 0 bridgehead atoms. The van der Waals surface area contributed by atoms with Gasteiger partial charge in [0.2, 0.25) is 0 Å². The smallest absolute Gasteiger partial charge is 0.143 e. The van der Waals surface area contributed by atoms with Crippen molar-refractivity contribution >= 4 is 22.2 Å². The quantitative estimate of drug-likeness (QED) is 0.547. The van der Waals surface area contributed by atoms with E-state index in [1.807, 2.05) is 23.2 Å². The Morgan fingerprint density at radius 1 is 1.12 bits per heavy atom. The number of imidazole rings is 1. The van der Waals surface area contributed by atoms with Crippen molar-refractivity contribution in [2.24, 2.45) is 7.05 Å².